The van der Waals surface area contributed by atoms with Crippen LogP contribution in [0.3, 0.4) is 0 Å². The van der Waals surface area contributed by atoms with Crippen LogP contribution >= 0.6 is 0 Å². The maximum atomic E-state index is 5.79. The van der Waals surface area contributed by atoms with E-state index in [1.54, 1.807) is 0 Å². The van der Waals surface area contributed by atoms with E-state index in [4.69, 9.17) is 10.5 Å². The number of benzene rings is 2. The Balaban J connectivity index is 1.78. The van der Waals surface area contributed by atoms with Crippen molar-refractivity contribution in [1.29, 1.82) is 0 Å². The van der Waals surface area contributed by atoms with Crippen LogP contribution < -0.4 is 10.5 Å². The average molecular weight is 252 g/mol. The molecule has 1 heterocycles. The van der Waals surface area contributed by atoms with Crippen molar-refractivity contribution in [3.63, 3.8) is 0 Å². The first-order chi connectivity index (χ1) is 9.35. The standard InChI is InChI=1S/C16H16N2O/c17-10-14-8-13-6-7-15(9-16(13)18-14)19-11-12-4-2-1-3-5-12/h1-9,18H,10-11,17H2. The predicted octanol–water partition coefficient (Wildman–Crippen LogP) is 3.21. The molecule has 0 unspecified atom stereocenters. The average Bonchev–Trinajstić information content (AvgIpc) is 2.88. The van der Waals surface area contributed by atoms with Crippen LogP contribution in [0.15, 0.2) is 54.6 Å². The Hall–Kier alpha value is -2.26. The van der Waals surface area contributed by atoms with Crippen molar-refractivity contribution < 1.29 is 4.74 Å². The summed E-state index contributed by atoms with van der Waals surface area (Å²) >= 11 is 0. The summed E-state index contributed by atoms with van der Waals surface area (Å²) in [6, 6.07) is 18.3. The van der Waals surface area contributed by atoms with E-state index in [0.29, 0.717) is 13.2 Å². The summed E-state index contributed by atoms with van der Waals surface area (Å²) in [6.07, 6.45) is 0. The van der Waals surface area contributed by atoms with Gasteiger partial charge in [-0.15, -0.1) is 0 Å². The van der Waals surface area contributed by atoms with Gasteiger partial charge in [-0.25, -0.2) is 0 Å². The van der Waals surface area contributed by atoms with Crippen LogP contribution in [0.2, 0.25) is 0 Å². The van der Waals surface area contributed by atoms with Gasteiger partial charge in [0.2, 0.25) is 0 Å². The smallest absolute Gasteiger partial charge is 0.121 e. The van der Waals surface area contributed by atoms with Gasteiger partial charge in [0.05, 0.1) is 0 Å². The zero-order chi connectivity index (χ0) is 13.1. The van der Waals surface area contributed by atoms with Gasteiger partial charge in [0, 0.05) is 23.8 Å². The van der Waals surface area contributed by atoms with E-state index in [1.165, 1.54) is 0 Å². The minimum atomic E-state index is 0.523. The number of aromatic nitrogens is 1. The fourth-order valence-corrected chi connectivity index (χ4v) is 2.11. The largest absolute Gasteiger partial charge is 0.489 e. The molecule has 0 aliphatic rings. The van der Waals surface area contributed by atoms with E-state index in [1.807, 2.05) is 36.4 Å². The molecule has 3 heteroatoms. The van der Waals surface area contributed by atoms with Crippen molar-refractivity contribution in [2.45, 2.75) is 13.2 Å². The molecule has 0 amide bonds. The molecular formula is C16H16N2O. The van der Waals surface area contributed by atoms with Crippen molar-refractivity contribution in [3.8, 4) is 5.75 Å². The molecule has 0 spiro atoms. The lowest BCUT2D eigenvalue weighted by Crippen LogP contribution is -1.95. The molecule has 3 nitrogen and oxygen atoms in total. The molecule has 3 N–H and O–H groups in total. The summed E-state index contributed by atoms with van der Waals surface area (Å²) in [4.78, 5) is 3.28. The SMILES string of the molecule is NCc1cc2ccc(OCc3ccccc3)cc2[nH]1. The number of H-pyrrole nitrogens is 1. The molecule has 3 aromatic rings. The van der Waals surface area contributed by atoms with Crippen LogP contribution in [0.25, 0.3) is 10.9 Å². The second-order valence-electron chi connectivity index (χ2n) is 4.52. The summed E-state index contributed by atoms with van der Waals surface area (Å²) in [5, 5.41) is 1.16. The van der Waals surface area contributed by atoms with Gasteiger partial charge >= 0.3 is 0 Å². The molecule has 0 saturated heterocycles. The number of rotatable bonds is 4. The Morgan fingerprint density at radius 2 is 1.84 bits per heavy atom. The van der Waals surface area contributed by atoms with Crippen molar-refractivity contribution in [2.75, 3.05) is 0 Å². The second kappa shape index (κ2) is 5.16. The Labute approximate surface area is 112 Å². The molecule has 2 aromatic carbocycles. The molecule has 0 saturated carbocycles. The van der Waals surface area contributed by atoms with Crippen LogP contribution in [-0.2, 0) is 13.2 Å². The van der Waals surface area contributed by atoms with Gasteiger partial charge in [-0.2, -0.15) is 0 Å². The maximum absolute atomic E-state index is 5.79. The highest BCUT2D eigenvalue weighted by Gasteiger charge is 2.02. The molecular weight excluding hydrogens is 236 g/mol. The highest BCUT2D eigenvalue weighted by atomic mass is 16.5. The van der Waals surface area contributed by atoms with Crippen LogP contribution in [0.5, 0.6) is 5.75 Å². The van der Waals surface area contributed by atoms with E-state index in [0.717, 1.165) is 27.9 Å². The number of aromatic amines is 1. The molecule has 3 rings (SSSR count). The lowest BCUT2D eigenvalue weighted by Gasteiger charge is -2.06. The molecule has 0 aliphatic heterocycles. The quantitative estimate of drug-likeness (QED) is 0.749. The zero-order valence-electron chi connectivity index (χ0n) is 10.6. The molecule has 0 aliphatic carbocycles. The van der Waals surface area contributed by atoms with Crippen molar-refractivity contribution in [3.05, 3.63) is 65.9 Å². The van der Waals surface area contributed by atoms with Crippen molar-refractivity contribution >= 4 is 10.9 Å². The fraction of sp³-hybridized carbons (Fsp3) is 0.125. The van der Waals surface area contributed by atoms with Gasteiger partial charge in [0.15, 0.2) is 0 Å². The highest BCUT2D eigenvalue weighted by molar-refractivity contribution is 5.81. The first-order valence-corrected chi connectivity index (χ1v) is 6.33. The Bertz CT molecular complexity index is 674. The minimum absolute atomic E-state index is 0.523. The topological polar surface area (TPSA) is 51.0 Å². The first-order valence-electron chi connectivity index (χ1n) is 6.33. The molecule has 19 heavy (non-hydrogen) atoms. The van der Waals surface area contributed by atoms with Gasteiger partial charge in [-0.3, -0.25) is 0 Å². The van der Waals surface area contributed by atoms with Gasteiger partial charge in [-0.1, -0.05) is 30.3 Å². The van der Waals surface area contributed by atoms with E-state index >= 15 is 0 Å². The van der Waals surface area contributed by atoms with Crippen LogP contribution in [0, 0.1) is 0 Å². The number of fused-ring (bicyclic) bond motifs is 1. The van der Waals surface area contributed by atoms with Gasteiger partial charge < -0.3 is 15.5 Å². The molecule has 0 fully saturated rings. The Morgan fingerprint density at radius 3 is 2.63 bits per heavy atom. The number of hydrogen-bond donors (Lipinski definition) is 2. The van der Waals surface area contributed by atoms with Gasteiger partial charge in [-0.05, 0) is 29.1 Å². The highest BCUT2D eigenvalue weighted by Crippen LogP contribution is 2.22. The Kier molecular flexibility index (Phi) is 3.21. The summed E-state index contributed by atoms with van der Waals surface area (Å²) in [5.74, 6) is 0.863. The van der Waals surface area contributed by atoms with E-state index < -0.39 is 0 Å². The van der Waals surface area contributed by atoms with E-state index in [2.05, 4.69) is 23.2 Å². The van der Waals surface area contributed by atoms with E-state index in [-0.39, 0.29) is 0 Å². The molecule has 0 bridgehead atoms. The number of nitrogens with two attached hydrogens (primary N) is 1. The van der Waals surface area contributed by atoms with Crippen LogP contribution in [0.4, 0.5) is 0 Å². The van der Waals surface area contributed by atoms with Gasteiger partial charge in [0.1, 0.15) is 12.4 Å². The monoisotopic (exact) mass is 252 g/mol. The number of hydrogen-bond acceptors (Lipinski definition) is 2. The third-order valence-electron chi connectivity index (χ3n) is 3.12. The molecule has 0 atom stereocenters. The third kappa shape index (κ3) is 2.61. The third-order valence-corrected chi connectivity index (χ3v) is 3.12. The summed E-state index contributed by atoms with van der Waals surface area (Å²) < 4.78 is 5.79. The predicted molar refractivity (Wildman–Crippen MR) is 77.0 cm³/mol. The molecule has 0 radical (unpaired) electrons. The van der Waals surface area contributed by atoms with Crippen molar-refractivity contribution in [2.24, 2.45) is 5.73 Å². The van der Waals surface area contributed by atoms with E-state index in [9.17, 15) is 0 Å². The lowest BCUT2D eigenvalue weighted by atomic mass is 10.2. The number of nitrogens with one attached hydrogen (secondary N) is 1. The molecule has 96 valence electrons. The second-order valence-corrected chi connectivity index (χ2v) is 4.52. The first kappa shape index (κ1) is 11.8. The Morgan fingerprint density at radius 1 is 1.00 bits per heavy atom. The summed E-state index contributed by atoms with van der Waals surface area (Å²) in [7, 11) is 0. The molecule has 1 aromatic heterocycles. The van der Waals surface area contributed by atoms with Crippen molar-refractivity contribution in [1.82, 2.24) is 4.98 Å². The van der Waals surface area contributed by atoms with Crippen LogP contribution in [0.1, 0.15) is 11.3 Å². The van der Waals surface area contributed by atoms with Gasteiger partial charge in [0.25, 0.3) is 0 Å². The maximum Gasteiger partial charge on any atom is 0.121 e. The number of ether oxygens (including phenoxy) is 1. The summed E-state index contributed by atoms with van der Waals surface area (Å²) in [6.45, 7) is 1.10. The van der Waals surface area contributed by atoms with Crippen LogP contribution in [-0.4, -0.2) is 4.98 Å². The fourth-order valence-electron chi connectivity index (χ4n) is 2.11. The zero-order valence-corrected chi connectivity index (χ0v) is 10.6. The normalized spacial score (nSPS) is 10.8. The lowest BCUT2D eigenvalue weighted by molar-refractivity contribution is 0.306. The minimum Gasteiger partial charge on any atom is -0.489 e. The summed E-state index contributed by atoms with van der Waals surface area (Å²) in [5.41, 5.74) is 8.89.